The van der Waals surface area contributed by atoms with Gasteiger partial charge in [0.25, 0.3) is 23.6 Å². The predicted molar refractivity (Wildman–Crippen MR) is 201 cm³/mol. The van der Waals surface area contributed by atoms with Crippen molar-refractivity contribution in [3.05, 3.63) is 119 Å². The molecule has 0 saturated carbocycles. The zero-order valence-electron chi connectivity index (χ0n) is 28.2. The number of ketones is 1. The van der Waals surface area contributed by atoms with E-state index in [1.54, 1.807) is 85.5 Å². The van der Waals surface area contributed by atoms with Crippen molar-refractivity contribution in [2.24, 2.45) is 11.1 Å². The average Bonchev–Trinajstić information content (AvgIpc) is 3.68. The molecule has 0 fully saturated rings. The molecule has 2 aliphatic rings. The van der Waals surface area contributed by atoms with Gasteiger partial charge in [0.05, 0.1) is 35.0 Å². The number of rotatable bonds is 4. The molecule has 0 spiro atoms. The average molecular weight is 753 g/mol. The van der Waals surface area contributed by atoms with Crippen LogP contribution in [0.4, 0.5) is 11.4 Å². The molecule has 17 nitrogen and oxygen atoms in total. The van der Waals surface area contributed by atoms with Crippen LogP contribution in [0, 0.1) is 0 Å². The first kappa shape index (κ1) is 38.3. The fraction of sp³-hybridized carbons (Fsp3) is 0.111. The number of fused-ring (bicyclic) bond motifs is 6. The number of carbonyl (C=O) groups excluding carboxylic acids is 5. The summed E-state index contributed by atoms with van der Waals surface area (Å²) >= 11 is 0. The van der Waals surface area contributed by atoms with Gasteiger partial charge in [0, 0.05) is 76.8 Å². The molecule has 10 N–H and O–H groups in total. The maximum Gasteiger partial charge on any atom is 0.268 e. The molecule has 0 saturated heterocycles. The van der Waals surface area contributed by atoms with Crippen molar-refractivity contribution in [3.8, 4) is 0 Å². The van der Waals surface area contributed by atoms with Crippen LogP contribution in [0.2, 0.25) is 0 Å². The Bertz CT molecular complexity index is 2400. The summed E-state index contributed by atoms with van der Waals surface area (Å²) in [4.78, 5) is 75.6. The number of amides is 4. The zero-order valence-corrected chi connectivity index (χ0v) is 29.0. The molecule has 18 heteroatoms. The van der Waals surface area contributed by atoms with E-state index in [-0.39, 0.29) is 53.9 Å². The van der Waals surface area contributed by atoms with Gasteiger partial charge in [0.2, 0.25) is 0 Å². The smallest absolute Gasteiger partial charge is 0.268 e. The molecule has 0 radical (unpaired) electrons. The first-order valence-corrected chi connectivity index (χ1v) is 16.1. The molecule has 0 atom stereocenters. The minimum absolute atomic E-state index is 0. The lowest BCUT2D eigenvalue weighted by atomic mass is 10.0. The minimum Gasteiger partial charge on any atom is -0.411 e. The molecule has 276 valence electrons. The summed E-state index contributed by atoms with van der Waals surface area (Å²) in [5.74, 6) is 2.20. The molecule has 0 aliphatic carbocycles. The van der Waals surface area contributed by atoms with Crippen LogP contribution in [0.5, 0.6) is 0 Å². The summed E-state index contributed by atoms with van der Waals surface area (Å²) in [5.41, 5.74) is 5.17. The molecule has 4 amide bonds. The summed E-state index contributed by atoms with van der Waals surface area (Å²) in [6, 6.07) is 17.0. The standard InChI is InChI=1S/C18H15N5O3.C18H14N4O3.ClH.H3NO/c24-17(21-11-2-1-6-19-9-11)10-3-4-13-12(8-10)15-14(23-26)5-7-20-18(25)16(15)22-13;23-14-5-7-20-18(25)16-15(14)12-8-10(3-4-13(12)22-16)17(24)21-11-2-1-6-19-9-11;;1-2/h1-4,6,8-9,22,26H,5,7H2,(H,20,25)(H,21,24);1-4,6,8-9,22H,5,7H2,(H,20,25)(H,21,24);1H;2H,1H2. The number of benzene rings is 2. The van der Waals surface area contributed by atoms with Crippen LogP contribution in [-0.4, -0.2) is 78.6 Å². The summed E-state index contributed by atoms with van der Waals surface area (Å²) in [6.45, 7) is 0.687. The molecule has 2 aromatic carbocycles. The molecule has 54 heavy (non-hydrogen) atoms. The van der Waals surface area contributed by atoms with E-state index >= 15 is 0 Å². The Morgan fingerprint density at radius 2 is 1.19 bits per heavy atom. The molecule has 0 unspecified atom stereocenters. The van der Waals surface area contributed by atoms with Crippen molar-refractivity contribution in [1.82, 2.24) is 30.6 Å². The summed E-state index contributed by atoms with van der Waals surface area (Å²) in [6.07, 6.45) is 6.98. The summed E-state index contributed by atoms with van der Waals surface area (Å²) < 4.78 is 0. The molecule has 0 bridgehead atoms. The van der Waals surface area contributed by atoms with Gasteiger partial charge < -0.3 is 41.6 Å². The predicted octanol–water partition coefficient (Wildman–Crippen LogP) is 4.01. The van der Waals surface area contributed by atoms with Crippen molar-refractivity contribution >= 4 is 80.7 Å². The lowest BCUT2D eigenvalue weighted by Crippen LogP contribution is -2.23. The van der Waals surface area contributed by atoms with Gasteiger partial charge in [-0.2, -0.15) is 0 Å². The number of hydrogen-bond donors (Lipinski definition) is 9. The number of aromatic amines is 2. The zero-order chi connectivity index (χ0) is 37.5. The van der Waals surface area contributed by atoms with Gasteiger partial charge in [-0.3, -0.25) is 33.9 Å². The molecule has 4 aromatic heterocycles. The van der Waals surface area contributed by atoms with Crippen molar-refractivity contribution in [3.63, 3.8) is 0 Å². The van der Waals surface area contributed by atoms with E-state index in [9.17, 15) is 29.2 Å². The highest BCUT2D eigenvalue weighted by atomic mass is 35.5. The highest BCUT2D eigenvalue weighted by Gasteiger charge is 2.27. The molecule has 8 rings (SSSR count). The molecular weight excluding hydrogens is 720 g/mol. The Hall–Kier alpha value is -6.95. The second-order valence-corrected chi connectivity index (χ2v) is 11.6. The van der Waals surface area contributed by atoms with Gasteiger partial charge in [0.15, 0.2) is 5.78 Å². The van der Waals surface area contributed by atoms with Crippen LogP contribution in [0.3, 0.4) is 0 Å². The first-order valence-electron chi connectivity index (χ1n) is 16.1. The molecule has 6 aromatic rings. The van der Waals surface area contributed by atoms with Crippen molar-refractivity contribution in [1.29, 1.82) is 0 Å². The number of H-pyrrole nitrogens is 2. The van der Waals surface area contributed by atoms with E-state index in [2.05, 4.69) is 52.3 Å². The van der Waals surface area contributed by atoms with Gasteiger partial charge in [-0.15, -0.1) is 12.4 Å². The Morgan fingerprint density at radius 1 is 0.704 bits per heavy atom. The molecule has 2 aliphatic heterocycles. The number of anilines is 2. The van der Waals surface area contributed by atoms with Gasteiger partial charge >= 0.3 is 0 Å². The maximum absolute atomic E-state index is 12.5. The highest BCUT2D eigenvalue weighted by molar-refractivity contribution is 6.20. The fourth-order valence-corrected chi connectivity index (χ4v) is 5.99. The van der Waals surface area contributed by atoms with Crippen LogP contribution in [0.15, 0.2) is 90.6 Å². The third-order valence-electron chi connectivity index (χ3n) is 8.39. The van der Waals surface area contributed by atoms with Crippen molar-refractivity contribution < 1.29 is 34.4 Å². The van der Waals surface area contributed by atoms with Gasteiger partial charge in [-0.05, 0) is 60.7 Å². The summed E-state index contributed by atoms with van der Waals surface area (Å²) in [5, 5.41) is 31.4. The number of pyridine rings is 2. The third-order valence-corrected chi connectivity index (χ3v) is 8.39. The van der Waals surface area contributed by atoms with E-state index < -0.39 is 0 Å². The number of Topliss-reactive ketones (excluding diaryl/α,β-unsaturated/α-hetero) is 1. The number of aromatic nitrogens is 4. The Morgan fingerprint density at radius 3 is 1.67 bits per heavy atom. The normalized spacial score (nSPS) is 14.0. The van der Waals surface area contributed by atoms with Crippen LogP contribution in [-0.2, 0) is 0 Å². The van der Waals surface area contributed by atoms with Gasteiger partial charge in [-0.25, -0.2) is 5.90 Å². The minimum atomic E-state index is -0.310. The van der Waals surface area contributed by atoms with E-state index in [4.69, 9.17) is 5.21 Å². The lowest BCUT2D eigenvalue weighted by Gasteiger charge is -2.06. The number of halogens is 1. The van der Waals surface area contributed by atoms with Crippen LogP contribution >= 0.6 is 12.4 Å². The van der Waals surface area contributed by atoms with Crippen LogP contribution in [0.1, 0.15) is 70.5 Å². The van der Waals surface area contributed by atoms with Crippen molar-refractivity contribution in [2.75, 3.05) is 23.7 Å². The Labute approximate surface area is 311 Å². The maximum atomic E-state index is 12.5. The second kappa shape index (κ2) is 17.0. The number of oxime groups is 1. The molecule has 6 heterocycles. The van der Waals surface area contributed by atoms with Gasteiger partial charge in [0.1, 0.15) is 11.4 Å². The fourth-order valence-electron chi connectivity index (χ4n) is 5.99. The number of nitrogens with one attached hydrogen (secondary N) is 6. The highest BCUT2D eigenvalue weighted by Crippen LogP contribution is 2.28. The van der Waals surface area contributed by atoms with Crippen molar-refractivity contribution in [2.45, 2.75) is 12.8 Å². The lowest BCUT2D eigenvalue weighted by molar-refractivity contribution is 0.0943. The third kappa shape index (κ3) is 7.92. The van der Waals surface area contributed by atoms with Crippen LogP contribution in [0.25, 0.3) is 21.8 Å². The number of nitrogens with zero attached hydrogens (tertiary/aromatic N) is 3. The number of carbonyl (C=O) groups is 5. The Balaban J connectivity index is 0.000000195. The number of hydrogen-bond acceptors (Lipinski definition) is 11. The quantitative estimate of drug-likeness (QED) is 0.0922. The monoisotopic (exact) mass is 752 g/mol. The second-order valence-electron chi connectivity index (χ2n) is 11.6. The Kier molecular flexibility index (Phi) is 12.1. The van der Waals surface area contributed by atoms with E-state index in [0.717, 1.165) is 0 Å². The van der Waals surface area contributed by atoms with E-state index in [1.165, 1.54) is 0 Å². The van der Waals surface area contributed by atoms with Gasteiger partial charge in [-0.1, -0.05) is 5.16 Å². The molecular formula is C36H33ClN10O7. The number of nitrogens with two attached hydrogens (primary N) is 1. The van der Waals surface area contributed by atoms with E-state index in [0.29, 0.717) is 86.4 Å². The first-order chi connectivity index (χ1) is 25.8. The SMILES string of the molecule is Cl.NO.O=C(Nc1cccnc1)c1ccc2[nH]c3c(c2c1)C(=NO)CCNC3=O.O=C(Nc1cccnc1)c1ccc2[nH]c3c(c2c1)C(=O)CCNC3=O. The largest absolute Gasteiger partial charge is 0.411 e. The van der Waals surface area contributed by atoms with Crippen LogP contribution < -0.4 is 27.2 Å². The van der Waals surface area contributed by atoms with E-state index in [1.807, 2.05) is 0 Å². The summed E-state index contributed by atoms with van der Waals surface area (Å²) in [7, 11) is 0. The topological polar surface area (TPSA) is 270 Å².